The number of carbonyl (C=O) groups excluding carboxylic acids is 2. The summed E-state index contributed by atoms with van der Waals surface area (Å²) in [6.07, 6.45) is 0. The third-order valence-electron chi connectivity index (χ3n) is 4.05. The molecular formula is C19H11Cl2N5O6. The maximum Gasteiger partial charge on any atom is 0.270 e. The van der Waals surface area contributed by atoms with Crippen LogP contribution in [0.4, 0.5) is 23.0 Å². The van der Waals surface area contributed by atoms with Gasteiger partial charge in [0, 0.05) is 24.3 Å². The van der Waals surface area contributed by atoms with Gasteiger partial charge in [-0.25, -0.2) is 4.98 Å². The highest BCUT2D eigenvalue weighted by Crippen LogP contribution is 2.25. The number of nitrogens with one attached hydrogen (secondary N) is 2. The van der Waals surface area contributed by atoms with Gasteiger partial charge in [0.15, 0.2) is 0 Å². The smallest absolute Gasteiger partial charge is 0.270 e. The highest BCUT2D eigenvalue weighted by Gasteiger charge is 2.17. The monoisotopic (exact) mass is 475 g/mol. The minimum absolute atomic E-state index is 0.00818. The van der Waals surface area contributed by atoms with Gasteiger partial charge in [0.1, 0.15) is 11.6 Å². The van der Waals surface area contributed by atoms with Crippen LogP contribution in [0.15, 0.2) is 54.6 Å². The van der Waals surface area contributed by atoms with Gasteiger partial charge in [-0.3, -0.25) is 29.8 Å². The zero-order valence-corrected chi connectivity index (χ0v) is 17.3. The lowest BCUT2D eigenvalue weighted by molar-refractivity contribution is -0.385. The molecule has 0 unspecified atom stereocenters. The zero-order chi connectivity index (χ0) is 23.4. The summed E-state index contributed by atoms with van der Waals surface area (Å²) in [5.41, 5.74) is -0.545. The van der Waals surface area contributed by atoms with Gasteiger partial charge in [-0.05, 0) is 24.3 Å². The molecule has 0 saturated carbocycles. The predicted molar refractivity (Wildman–Crippen MR) is 116 cm³/mol. The molecule has 3 aromatic rings. The Morgan fingerprint density at radius 2 is 1.16 bits per heavy atom. The summed E-state index contributed by atoms with van der Waals surface area (Å²) in [7, 11) is 0. The molecule has 1 heterocycles. The van der Waals surface area contributed by atoms with E-state index in [0.29, 0.717) is 0 Å². The molecule has 0 bridgehead atoms. The SMILES string of the molecule is O=C(Nc1cccc(NC(=O)c2ccc([N+](=O)[O-])cc2Cl)n1)c1ccc([N+](=O)[O-])cc1Cl. The fourth-order valence-electron chi connectivity index (χ4n) is 2.54. The normalized spacial score (nSPS) is 10.3. The van der Waals surface area contributed by atoms with Crippen molar-refractivity contribution in [3.8, 4) is 0 Å². The largest absolute Gasteiger partial charge is 0.306 e. The lowest BCUT2D eigenvalue weighted by atomic mass is 10.2. The number of hydrogen-bond acceptors (Lipinski definition) is 7. The van der Waals surface area contributed by atoms with Gasteiger partial charge >= 0.3 is 0 Å². The predicted octanol–water partition coefficient (Wildman–Crippen LogP) is 4.71. The van der Waals surface area contributed by atoms with E-state index >= 15 is 0 Å². The molecule has 0 fully saturated rings. The van der Waals surface area contributed by atoms with Crippen LogP contribution in [0.1, 0.15) is 20.7 Å². The number of amides is 2. The fraction of sp³-hybridized carbons (Fsp3) is 0. The highest BCUT2D eigenvalue weighted by molar-refractivity contribution is 6.35. The average Bonchev–Trinajstić information content (AvgIpc) is 2.73. The number of pyridine rings is 1. The van der Waals surface area contributed by atoms with Crippen LogP contribution in [0.3, 0.4) is 0 Å². The average molecular weight is 476 g/mol. The molecule has 0 aliphatic rings. The Labute approximate surface area is 189 Å². The van der Waals surface area contributed by atoms with Crippen LogP contribution in [0, 0.1) is 20.2 Å². The van der Waals surface area contributed by atoms with Crippen molar-refractivity contribution >= 4 is 58.0 Å². The van der Waals surface area contributed by atoms with E-state index in [0.717, 1.165) is 24.3 Å². The van der Waals surface area contributed by atoms with Crippen LogP contribution in [0.2, 0.25) is 10.0 Å². The summed E-state index contributed by atoms with van der Waals surface area (Å²) in [5.74, 6) is -1.20. The number of anilines is 2. The van der Waals surface area contributed by atoms with E-state index in [4.69, 9.17) is 23.2 Å². The van der Waals surface area contributed by atoms with Crippen molar-refractivity contribution in [2.75, 3.05) is 10.6 Å². The Morgan fingerprint density at radius 3 is 1.50 bits per heavy atom. The van der Waals surface area contributed by atoms with Crippen molar-refractivity contribution in [1.29, 1.82) is 0 Å². The molecule has 0 spiro atoms. The number of nitrogens with zero attached hydrogens (tertiary/aromatic N) is 3. The second kappa shape index (κ2) is 9.37. The van der Waals surface area contributed by atoms with Crippen LogP contribution in [-0.2, 0) is 0 Å². The molecule has 2 N–H and O–H groups in total. The fourth-order valence-corrected chi connectivity index (χ4v) is 3.07. The Morgan fingerprint density at radius 1 is 0.750 bits per heavy atom. The van der Waals surface area contributed by atoms with Gasteiger partial charge in [-0.2, -0.15) is 0 Å². The second-order valence-corrected chi connectivity index (χ2v) is 6.97. The summed E-state index contributed by atoms with van der Waals surface area (Å²) in [6, 6.07) is 11.2. The molecular weight excluding hydrogens is 465 g/mol. The summed E-state index contributed by atoms with van der Waals surface area (Å²) in [5, 5.41) is 26.3. The number of aromatic nitrogens is 1. The first kappa shape index (κ1) is 22.6. The second-order valence-electron chi connectivity index (χ2n) is 6.16. The molecule has 162 valence electrons. The number of carbonyl (C=O) groups is 2. The molecule has 11 nitrogen and oxygen atoms in total. The van der Waals surface area contributed by atoms with Gasteiger partial charge in [0.25, 0.3) is 23.2 Å². The van der Waals surface area contributed by atoms with Crippen molar-refractivity contribution in [1.82, 2.24) is 4.98 Å². The molecule has 2 aromatic carbocycles. The number of halogens is 2. The number of non-ortho nitro benzene ring substituents is 2. The maximum atomic E-state index is 12.4. The van der Waals surface area contributed by atoms with Gasteiger partial charge in [-0.15, -0.1) is 0 Å². The first-order valence-electron chi connectivity index (χ1n) is 8.63. The number of nitro benzene ring substituents is 2. The highest BCUT2D eigenvalue weighted by atomic mass is 35.5. The topological polar surface area (TPSA) is 157 Å². The van der Waals surface area contributed by atoms with Crippen molar-refractivity contribution in [2.24, 2.45) is 0 Å². The first-order chi connectivity index (χ1) is 15.2. The van der Waals surface area contributed by atoms with E-state index in [-0.39, 0.29) is 44.2 Å². The number of rotatable bonds is 6. The Kier molecular flexibility index (Phi) is 6.61. The summed E-state index contributed by atoms with van der Waals surface area (Å²) in [6.45, 7) is 0. The standard InChI is InChI=1S/C19H11Cl2N5O6/c20-14-8-10(25(29)30)4-6-12(14)18(27)23-16-2-1-3-17(22-16)24-19(28)13-7-5-11(26(31)32)9-15(13)21/h1-9H,(H2,22,23,24,27,28). The molecule has 1 aromatic heterocycles. The van der Waals surface area contributed by atoms with Crippen LogP contribution >= 0.6 is 23.2 Å². The summed E-state index contributed by atoms with van der Waals surface area (Å²) in [4.78, 5) is 49.3. The van der Waals surface area contributed by atoms with Crippen molar-refractivity contribution in [2.45, 2.75) is 0 Å². The van der Waals surface area contributed by atoms with E-state index in [1.54, 1.807) is 0 Å². The van der Waals surface area contributed by atoms with Crippen LogP contribution in [0.5, 0.6) is 0 Å². The minimum atomic E-state index is -0.667. The van der Waals surface area contributed by atoms with Crippen LogP contribution < -0.4 is 10.6 Å². The number of nitro groups is 2. The lowest BCUT2D eigenvalue weighted by Gasteiger charge is -2.09. The summed E-state index contributed by atoms with van der Waals surface area (Å²) >= 11 is 11.9. The molecule has 0 aliphatic heterocycles. The number of hydrogen-bond donors (Lipinski definition) is 2. The third-order valence-corrected chi connectivity index (χ3v) is 4.67. The molecule has 3 rings (SSSR count). The van der Waals surface area contributed by atoms with Crippen molar-refractivity contribution in [3.63, 3.8) is 0 Å². The van der Waals surface area contributed by atoms with E-state index < -0.39 is 21.7 Å². The zero-order valence-electron chi connectivity index (χ0n) is 15.7. The third kappa shape index (κ3) is 5.14. The Bertz CT molecular complexity index is 1170. The Hall–Kier alpha value is -4.09. The number of benzene rings is 2. The van der Waals surface area contributed by atoms with E-state index in [1.807, 2.05) is 0 Å². The van der Waals surface area contributed by atoms with Gasteiger partial charge in [0.05, 0.1) is 31.0 Å². The molecule has 13 heteroatoms. The van der Waals surface area contributed by atoms with Gasteiger partial charge < -0.3 is 10.6 Å². The molecule has 0 saturated heterocycles. The molecule has 0 aliphatic carbocycles. The Balaban J connectivity index is 1.74. The van der Waals surface area contributed by atoms with Crippen LogP contribution in [-0.4, -0.2) is 26.6 Å². The van der Waals surface area contributed by atoms with E-state index in [9.17, 15) is 29.8 Å². The van der Waals surface area contributed by atoms with E-state index in [2.05, 4.69) is 15.6 Å². The molecule has 0 atom stereocenters. The molecule has 0 radical (unpaired) electrons. The van der Waals surface area contributed by atoms with Gasteiger partial charge in [0.2, 0.25) is 0 Å². The lowest BCUT2D eigenvalue weighted by Crippen LogP contribution is -2.16. The minimum Gasteiger partial charge on any atom is -0.306 e. The molecule has 32 heavy (non-hydrogen) atoms. The van der Waals surface area contributed by atoms with Crippen molar-refractivity contribution in [3.05, 3.63) is 96.0 Å². The van der Waals surface area contributed by atoms with Crippen molar-refractivity contribution < 1.29 is 19.4 Å². The molecule has 2 amide bonds. The van der Waals surface area contributed by atoms with Gasteiger partial charge in [-0.1, -0.05) is 29.3 Å². The quantitative estimate of drug-likeness (QED) is 0.385. The first-order valence-corrected chi connectivity index (χ1v) is 9.39. The maximum absolute atomic E-state index is 12.4. The summed E-state index contributed by atoms with van der Waals surface area (Å²) < 4.78 is 0. The van der Waals surface area contributed by atoms with Crippen LogP contribution in [0.25, 0.3) is 0 Å². The van der Waals surface area contributed by atoms with E-state index in [1.165, 1.54) is 30.3 Å².